The van der Waals surface area contributed by atoms with Gasteiger partial charge in [0.2, 0.25) is 0 Å². The minimum absolute atomic E-state index is 0.975. The van der Waals surface area contributed by atoms with Crippen LogP contribution in [0, 0.1) is 0 Å². The predicted molar refractivity (Wildman–Crippen MR) is 67.3 cm³/mol. The van der Waals surface area contributed by atoms with E-state index in [1.165, 1.54) is 18.4 Å². The van der Waals surface area contributed by atoms with E-state index in [1.54, 1.807) is 0 Å². The van der Waals surface area contributed by atoms with Crippen molar-refractivity contribution in [1.29, 1.82) is 0 Å². The van der Waals surface area contributed by atoms with Crippen LogP contribution in [0.3, 0.4) is 0 Å². The molecule has 0 bridgehead atoms. The van der Waals surface area contributed by atoms with Gasteiger partial charge in [0.15, 0.2) is 0 Å². The molecular formula is C12H24N4. The van der Waals surface area contributed by atoms with Gasteiger partial charge >= 0.3 is 0 Å². The second kappa shape index (κ2) is 7.41. The van der Waals surface area contributed by atoms with Crippen molar-refractivity contribution in [1.82, 2.24) is 20.0 Å². The molecule has 0 aliphatic heterocycles. The van der Waals surface area contributed by atoms with E-state index in [9.17, 15) is 0 Å². The van der Waals surface area contributed by atoms with E-state index in [4.69, 9.17) is 0 Å². The maximum atomic E-state index is 4.16. The number of likely N-dealkylation sites (N-methyl/N-ethyl adjacent to an activating group) is 1. The first-order valence-electron chi connectivity index (χ1n) is 6.09. The number of aromatic nitrogens is 2. The maximum Gasteiger partial charge on any atom is 0.0534 e. The van der Waals surface area contributed by atoms with Crippen molar-refractivity contribution < 1.29 is 0 Å². The molecule has 0 saturated carbocycles. The molecule has 0 spiro atoms. The molecule has 1 aromatic rings. The van der Waals surface area contributed by atoms with E-state index in [1.807, 2.05) is 17.9 Å². The summed E-state index contributed by atoms with van der Waals surface area (Å²) in [6.45, 7) is 6.48. The summed E-state index contributed by atoms with van der Waals surface area (Å²) in [4.78, 5) is 2.32. The minimum Gasteiger partial charge on any atom is -0.315 e. The lowest BCUT2D eigenvalue weighted by atomic mass is 10.3. The molecule has 0 atom stereocenters. The topological polar surface area (TPSA) is 33.1 Å². The molecule has 1 rings (SSSR count). The highest BCUT2D eigenvalue weighted by Crippen LogP contribution is 2.00. The lowest BCUT2D eigenvalue weighted by Gasteiger charge is -2.15. The fraction of sp³-hybridized carbons (Fsp3) is 0.750. The van der Waals surface area contributed by atoms with Gasteiger partial charge in [-0.05, 0) is 20.0 Å². The van der Waals surface area contributed by atoms with Crippen molar-refractivity contribution >= 4 is 0 Å². The third-order valence-electron chi connectivity index (χ3n) is 2.59. The van der Waals surface area contributed by atoms with Crippen LogP contribution in [0.2, 0.25) is 0 Å². The van der Waals surface area contributed by atoms with Gasteiger partial charge in [-0.1, -0.05) is 13.3 Å². The molecule has 0 aromatic carbocycles. The van der Waals surface area contributed by atoms with Gasteiger partial charge in [0.25, 0.3) is 0 Å². The van der Waals surface area contributed by atoms with Crippen LogP contribution in [0.25, 0.3) is 0 Å². The SMILES string of the molecule is CCCCNCCN(C)Cc1cnn(C)c1. The van der Waals surface area contributed by atoms with E-state index in [2.05, 4.69) is 35.5 Å². The number of rotatable bonds is 8. The molecule has 16 heavy (non-hydrogen) atoms. The van der Waals surface area contributed by atoms with Crippen molar-refractivity contribution in [3.63, 3.8) is 0 Å². The summed E-state index contributed by atoms with van der Waals surface area (Å²) in [5.74, 6) is 0. The molecule has 1 N–H and O–H groups in total. The summed E-state index contributed by atoms with van der Waals surface area (Å²) in [6.07, 6.45) is 6.53. The first-order valence-corrected chi connectivity index (χ1v) is 6.09. The van der Waals surface area contributed by atoms with Gasteiger partial charge < -0.3 is 10.2 Å². The van der Waals surface area contributed by atoms with Gasteiger partial charge in [0.05, 0.1) is 6.20 Å². The number of nitrogens with zero attached hydrogens (tertiary/aromatic N) is 3. The van der Waals surface area contributed by atoms with Crippen LogP contribution in [0.4, 0.5) is 0 Å². The van der Waals surface area contributed by atoms with Gasteiger partial charge in [0, 0.05) is 38.4 Å². The molecule has 0 aliphatic rings. The Hall–Kier alpha value is -0.870. The van der Waals surface area contributed by atoms with Gasteiger partial charge in [-0.15, -0.1) is 0 Å². The lowest BCUT2D eigenvalue weighted by Crippen LogP contribution is -2.29. The summed E-state index contributed by atoms with van der Waals surface area (Å²) in [7, 11) is 4.10. The average molecular weight is 224 g/mol. The first-order chi connectivity index (χ1) is 7.72. The standard InChI is InChI=1S/C12H24N4/c1-4-5-6-13-7-8-15(2)10-12-9-14-16(3)11-12/h9,11,13H,4-8,10H2,1-3H3. The Bertz CT molecular complexity index is 282. The van der Waals surface area contributed by atoms with E-state index >= 15 is 0 Å². The molecular weight excluding hydrogens is 200 g/mol. The summed E-state index contributed by atoms with van der Waals surface area (Å²) in [6, 6.07) is 0. The largest absolute Gasteiger partial charge is 0.315 e. The van der Waals surface area contributed by atoms with Gasteiger partial charge in [-0.2, -0.15) is 5.10 Å². The van der Waals surface area contributed by atoms with Crippen LogP contribution in [-0.4, -0.2) is 41.4 Å². The fourth-order valence-electron chi connectivity index (χ4n) is 1.64. The van der Waals surface area contributed by atoms with Crippen LogP contribution < -0.4 is 5.32 Å². The zero-order chi connectivity index (χ0) is 11.8. The highest BCUT2D eigenvalue weighted by molar-refractivity contribution is 5.02. The summed E-state index contributed by atoms with van der Waals surface area (Å²) in [5, 5.41) is 7.61. The Labute approximate surface area is 98.6 Å². The summed E-state index contributed by atoms with van der Waals surface area (Å²) >= 11 is 0. The molecule has 1 aromatic heterocycles. The third-order valence-corrected chi connectivity index (χ3v) is 2.59. The summed E-state index contributed by atoms with van der Waals surface area (Å²) in [5.41, 5.74) is 1.28. The Balaban J connectivity index is 2.09. The Morgan fingerprint density at radius 2 is 2.25 bits per heavy atom. The van der Waals surface area contributed by atoms with Crippen LogP contribution in [0.1, 0.15) is 25.3 Å². The van der Waals surface area contributed by atoms with Gasteiger partial charge in [-0.3, -0.25) is 4.68 Å². The number of unbranched alkanes of at least 4 members (excludes halogenated alkanes) is 1. The molecule has 0 saturated heterocycles. The highest BCUT2D eigenvalue weighted by atomic mass is 15.2. The molecule has 0 fully saturated rings. The Kier molecular flexibility index (Phi) is 6.11. The fourth-order valence-corrected chi connectivity index (χ4v) is 1.64. The monoisotopic (exact) mass is 224 g/mol. The van der Waals surface area contributed by atoms with Gasteiger partial charge in [0.1, 0.15) is 0 Å². The number of nitrogens with one attached hydrogen (secondary N) is 1. The molecule has 0 amide bonds. The van der Waals surface area contributed by atoms with Crippen molar-refractivity contribution in [2.45, 2.75) is 26.3 Å². The van der Waals surface area contributed by atoms with E-state index in [0.717, 1.165) is 26.2 Å². The van der Waals surface area contributed by atoms with Crippen molar-refractivity contribution in [2.24, 2.45) is 7.05 Å². The number of hydrogen-bond acceptors (Lipinski definition) is 3. The quantitative estimate of drug-likeness (QED) is 0.675. The maximum absolute atomic E-state index is 4.16. The van der Waals surface area contributed by atoms with Crippen molar-refractivity contribution in [3.8, 4) is 0 Å². The zero-order valence-corrected chi connectivity index (χ0v) is 10.7. The van der Waals surface area contributed by atoms with Crippen LogP contribution in [0.5, 0.6) is 0 Å². The van der Waals surface area contributed by atoms with E-state index in [0.29, 0.717) is 0 Å². The average Bonchev–Trinajstić information content (AvgIpc) is 2.63. The zero-order valence-electron chi connectivity index (χ0n) is 10.7. The number of aryl methyl sites for hydroxylation is 1. The predicted octanol–water partition coefficient (Wildman–Crippen LogP) is 1.24. The van der Waals surface area contributed by atoms with Crippen LogP contribution in [-0.2, 0) is 13.6 Å². The van der Waals surface area contributed by atoms with Gasteiger partial charge in [-0.25, -0.2) is 0 Å². The Morgan fingerprint density at radius 1 is 1.44 bits per heavy atom. The first kappa shape index (κ1) is 13.2. The molecule has 4 nitrogen and oxygen atoms in total. The molecule has 1 heterocycles. The molecule has 0 unspecified atom stereocenters. The van der Waals surface area contributed by atoms with Crippen LogP contribution >= 0.6 is 0 Å². The molecule has 0 aliphatic carbocycles. The molecule has 4 heteroatoms. The van der Waals surface area contributed by atoms with Crippen molar-refractivity contribution in [3.05, 3.63) is 18.0 Å². The second-order valence-electron chi connectivity index (χ2n) is 4.36. The molecule has 0 radical (unpaired) electrons. The highest BCUT2D eigenvalue weighted by Gasteiger charge is 2.01. The smallest absolute Gasteiger partial charge is 0.0534 e. The third kappa shape index (κ3) is 5.28. The normalized spacial score (nSPS) is 11.2. The minimum atomic E-state index is 0.975. The number of hydrogen-bond donors (Lipinski definition) is 1. The Morgan fingerprint density at radius 3 is 2.88 bits per heavy atom. The second-order valence-corrected chi connectivity index (χ2v) is 4.36. The van der Waals surface area contributed by atoms with E-state index < -0.39 is 0 Å². The molecule has 92 valence electrons. The lowest BCUT2D eigenvalue weighted by molar-refractivity contribution is 0.324. The van der Waals surface area contributed by atoms with Crippen LogP contribution in [0.15, 0.2) is 12.4 Å². The summed E-state index contributed by atoms with van der Waals surface area (Å²) < 4.78 is 1.85. The van der Waals surface area contributed by atoms with Crippen molar-refractivity contribution in [2.75, 3.05) is 26.7 Å². The van der Waals surface area contributed by atoms with E-state index in [-0.39, 0.29) is 0 Å².